The first-order chi connectivity index (χ1) is 13.1. The predicted molar refractivity (Wildman–Crippen MR) is 112 cm³/mol. The second-order valence-electron chi connectivity index (χ2n) is 6.82. The molecule has 0 fully saturated rings. The molecule has 1 atom stereocenters. The fourth-order valence-electron chi connectivity index (χ4n) is 2.90. The van der Waals surface area contributed by atoms with E-state index in [2.05, 4.69) is 41.4 Å². The Morgan fingerprint density at radius 2 is 2.22 bits per heavy atom. The molecule has 1 aliphatic heterocycles. The summed E-state index contributed by atoms with van der Waals surface area (Å²) in [6.07, 6.45) is 6.39. The topological polar surface area (TPSA) is 65.2 Å². The predicted octanol–water partition coefficient (Wildman–Crippen LogP) is 4.33. The summed E-state index contributed by atoms with van der Waals surface area (Å²) in [4.78, 5) is 6.41. The zero-order valence-corrected chi connectivity index (χ0v) is 17.2. The van der Waals surface area contributed by atoms with Gasteiger partial charge in [-0.3, -0.25) is 4.99 Å². The average Bonchev–Trinajstić information content (AvgIpc) is 3.34. The number of thioether (sulfide) groups is 1. The van der Waals surface area contributed by atoms with Gasteiger partial charge in [0.25, 0.3) is 0 Å². The van der Waals surface area contributed by atoms with Crippen LogP contribution in [-0.2, 0) is 6.54 Å². The van der Waals surface area contributed by atoms with Crippen molar-refractivity contribution < 1.29 is 4.74 Å². The lowest BCUT2D eigenvalue weighted by atomic mass is 10.1. The van der Waals surface area contributed by atoms with Crippen LogP contribution in [0.25, 0.3) is 17.5 Å². The van der Waals surface area contributed by atoms with Gasteiger partial charge in [-0.1, -0.05) is 26.0 Å². The van der Waals surface area contributed by atoms with Gasteiger partial charge in [0, 0.05) is 22.8 Å². The Hall–Kier alpha value is -2.15. The van der Waals surface area contributed by atoms with Gasteiger partial charge in [-0.2, -0.15) is 4.80 Å². The SMILES string of the molecule is CCn1nnc(-c2ccc(OC)c(/C=C/CCC3CSC(C(C)C)=N3)c2)n1. The Kier molecular flexibility index (Phi) is 6.66. The first-order valence-corrected chi connectivity index (χ1v) is 10.4. The normalized spacial score (nSPS) is 17.1. The van der Waals surface area contributed by atoms with E-state index in [0.29, 0.717) is 24.3 Å². The number of tetrazole rings is 1. The zero-order valence-electron chi connectivity index (χ0n) is 16.4. The van der Waals surface area contributed by atoms with Gasteiger partial charge in [0.2, 0.25) is 5.82 Å². The number of aliphatic imine (C=N–C) groups is 1. The lowest BCUT2D eigenvalue weighted by molar-refractivity contribution is 0.414. The first kappa shape index (κ1) is 19.6. The van der Waals surface area contributed by atoms with Gasteiger partial charge in [-0.05, 0) is 43.2 Å². The number of hydrogen-bond donors (Lipinski definition) is 0. The van der Waals surface area contributed by atoms with Crippen LogP contribution in [-0.4, -0.2) is 44.2 Å². The van der Waals surface area contributed by atoms with E-state index in [1.54, 1.807) is 11.9 Å². The minimum absolute atomic E-state index is 0.443. The van der Waals surface area contributed by atoms with E-state index in [9.17, 15) is 0 Å². The van der Waals surface area contributed by atoms with E-state index in [0.717, 1.165) is 35.5 Å². The number of aromatic nitrogens is 4. The molecule has 1 unspecified atom stereocenters. The van der Waals surface area contributed by atoms with E-state index in [-0.39, 0.29) is 0 Å². The molecule has 3 rings (SSSR count). The number of hydrogen-bond acceptors (Lipinski definition) is 6. The van der Waals surface area contributed by atoms with Crippen LogP contribution in [0.1, 0.15) is 39.2 Å². The number of allylic oxidation sites excluding steroid dienone is 1. The fourth-order valence-corrected chi connectivity index (χ4v) is 4.06. The molecule has 27 heavy (non-hydrogen) atoms. The Labute approximate surface area is 165 Å². The maximum Gasteiger partial charge on any atom is 0.204 e. The molecule has 0 amide bonds. The Morgan fingerprint density at radius 1 is 1.37 bits per heavy atom. The summed E-state index contributed by atoms with van der Waals surface area (Å²) in [7, 11) is 1.69. The molecule has 0 aliphatic carbocycles. The standard InChI is InChI=1S/C20H27N5OS/c1-5-25-23-19(22-24-25)16-10-11-18(26-4)15(12-16)8-6-7-9-17-13-27-20(21-17)14(2)3/h6,8,10-12,14,17H,5,7,9,13H2,1-4H3/b8-6+. The van der Waals surface area contributed by atoms with Gasteiger partial charge in [0.05, 0.1) is 24.7 Å². The maximum absolute atomic E-state index is 5.50. The van der Waals surface area contributed by atoms with Crippen molar-refractivity contribution in [3.63, 3.8) is 0 Å². The first-order valence-electron chi connectivity index (χ1n) is 9.44. The molecule has 7 heteroatoms. The van der Waals surface area contributed by atoms with E-state index < -0.39 is 0 Å². The lowest BCUT2D eigenvalue weighted by Crippen LogP contribution is -2.02. The molecular formula is C20H27N5OS. The molecule has 144 valence electrons. The maximum atomic E-state index is 5.50. The van der Waals surface area contributed by atoms with Crippen molar-refractivity contribution in [2.75, 3.05) is 12.9 Å². The van der Waals surface area contributed by atoms with E-state index in [4.69, 9.17) is 9.73 Å². The highest BCUT2D eigenvalue weighted by molar-refractivity contribution is 8.14. The fraction of sp³-hybridized carbons (Fsp3) is 0.500. The molecule has 0 saturated carbocycles. The molecule has 1 aliphatic rings. The summed E-state index contributed by atoms with van der Waals surface area (Å²) >= 11 is 1.91. The molecule has 0 bridgehead atoms. The van der Waals surface area contributed by atoms with Crippen LogP contribution in [0, 0.1) is 5.92 Å². The van der Waals surface area contributed by atoms with Gasteiger partial charge in [-0.25, -0.2) is 0 Å². The van der Waals surface area contributed by atoms with Crippen molar-refractivity contribution in [1.82, 2.24) is 20.2 Å². The molecule has 0 saturated heterocycles. The molecule has 1 aromatic heterocycles. The number of benzene rings is 1. The summed E-state index contributed by atoms with van der Waals surface area (Å²) in [6, 6.07) is 6.41. The van der Waals surface area contributed by atoms with E-state index in [1.165, 1.54) is 5.04 Å². The highest BCUT2D eigenvalue weighted by Crippen LogP contribution is 2.27. The minimum atomic E-state index is 0.443. The third-order valence-electron chi connectivity index (χ3n) is 4.41. The second kappa shape index (κ2) is 9.17. The Morgan fingerprint density at radius 3 is 2.89 bits per heavy atom. The molecule has 1 aromatic carbocycles. The molecule has 0 N–H and O–H groups in total. The number of nitrogens with zero attached hydrogens (tertiary/aromatic N) is 5. The molecule has 6 nitrogen and oxygen atoms in total. The quantitative estimate of drug-likeness (QED) is 0.676. The van der Waals surface area contributed by atoms with Crippen LogP contribution in [0.2, 0.25) is 0 Å². The Bertz CT molecular complexity index is 828. The molecule has 2 aromatic rings. The van der Waals surface area contributed by atoms with Crippen molar-refractivity contribution in [1.29, 1.82) is 0 Å². The summed E-state index contributed by atoms with van der Waals surface area (Å²) in [6.45, 7) is 7.11. The van der Waals surface area contributed by atoms with E-state index >= 15 is 0 Å². The monoisotopic (exact) mass is 385 g/mol. The van der Waals surface area contributed by atoms with Crippen LogP contribution >= 0.6 is 11.8 Å². The van der Waals surface area contributed by atoms with Crippen molar-refractivity contribution in [2.45, 2.75) is 46.2 Å². The van der Waals surface area contributed by atoms with Crippen LogP contribution in [0.4, 0.5) is 0 Å². The number of ether oxygens (including phenoxy) is 1. The van der Waals surface area contributed by atoms with Crippen molar-refractivity contribution >= 4 is 22.9 Å². The summed E-state index contributed by atoms with van der Waals surface area (Å²) in [5, 5.41) is 13.8. The van der Waals surface area contributed by atoms with Gasteiger partial charge < -0.3 is 4.74 Å². The van der Waals surface area contributed by atoms with Crippen molar-refractivity contribution in [3.05, 3.63) is 29.8 Å². The zero-order chi connectivity index (χ0) is 19.2. The molecular weight excluding hydrogens is 358 g/mol. The smallest absolute Gasteiger partial charge is 0.204 e. The molecule has 0 spiro atoms. The van der Waals surface area contributed by atoms with Crippen LogP contribution < -0.4 is 4.74 Å². The number of methoxy groups -OCH3 is 1. The summed E-state index contributed by atoms with van der Waals surface area (Å²) in [5.74, 6) is 3.13. The molecule has 0 radical (unpaired) electrons. The Balaban J connectivity index is 1.66. The van der Waals surface area contributed by atoms with Gasteiger partial charge >= 0.3 is 0 Å². The summed E-state index contributed by atoms with van der Waals surface area (Å²) < 4.78 is 5.50. The third kappa shape index (κ3) is 4.97. The second-order valence-corrected chi connectivity index (χ2v) is 7.87. The van der Waals surface area contributed by atoms with Crippen molar-refractivity contribution in [2.24, 2.45) is 10.9 Å². The van der Waals surface area contributed by atoms with Crippen molar-refractivity contribution in [3.8, 4) is 17.1 Å². The minimum Gasteiger partial charge on any atom is -0.496 e. The summed E-state index contributed by atoms with van der Waals surface area (Å²) in [5.41, 5.74) is 1.96. The van der Waals surface area contributed by atoms with Crippen LogP contribution in [0.5, 0.6) is 5.75 Å². The van der Waals surface area contributed by atoms with E-state index in [1.807, 2.05) is 36.9 Å². The van der Waals surface area contributed by atoms with Gasteiger partial charge in [0.1, 0.15) is 5.75 Å². The van der Waals surface area contributed by atoms with Crippen LogP contribution in [0.3, 0.4) is 0 Å². The van der Waals surface area contributed by atoms with Crippen LogP contribution in [0.15, 0.2) is 29.3 Å². The average molecular weight is 386 g/mol. The van der Waals surface area contributed by atoms with Gasteiger partial charge in [-0.15, -0.1) is 22.0 Å². The highest BCUT2D eigenvalue weighted by atomic mass is 32.2. The number of rotatable bonds is 8. The molecule has 2 heterocycles. The lowest BCUT2D eigenvalue weighted by Gasteiger charge is -2.07. The van der Waals surface area contributed by atoms with Gasteiger partial charge in [0.15, 0.2) is 0 Å². The largest absolute Gasteiger partial charge is 0.496 e. The third-order valence-corrected chi connectivity index (χ3v) is 5.84. The number of aryl methyl sites for hydroxylation is 1. The highest BCUT2D eigenvalue weighted by Gasteiger charge is 2.19.